The largest absolute Gasteiger partial charge is 0.490 e. The Morgan fingerprint density at radius 3 is 2.61 bits per heavy atom. The Hall–Kier alpha value is -4.44. The molecule has 2 aromatic heterocycles. The summed E-state index contributed by atoms with van der Waals surface area (Å²) in [7, 11) is 0. The first-order valence-electron chi connectivity index (χ1n) is 14.1. The minimum Gasteiger partial charge on any atom is -0.490 e. The lowest BCUT2D eigenvalue weighted by Gasteiger charge is -2.38. The van der Waals surface area contributed by atoms with Gasteiger partial charge in [0, 0.05) is 47.4 Å². The van der Waals surface area contributed by atoms with E-state index in [0.717, 1.165) is 48.2 Å². The average molecular weight is 555 g/mol. The maximum absolute atomic E-state index is 13.0. The van der Waals surface area contributed by atoms with Crippen LogP contribution < -0.4 is 15.8 Å². The number of benzene rings is 2. The van der Waals surface area contributed by atoms with Gasteiger partial charge in [-0.3, -0.25) is 9.59 Å². The number of carbonyl (C=O) groups is 2. The summed E-state index contributed by atoms with van der Waals surface area (Å²) in [5.41, 5.74) is 9.76. The number of amides is 2. The number of aliphatic hydroxyl groups is 1. The second kappa shape index (κ2) is 10.9. The van der Waals surface area contributed by atoms with Crippen molar-refractivity contribution in [3.05, 3.63) is 72.1 Å². The minimum atomic E-state index is -1.05. The molecule has 1 saturated heterocycles. The lowest BCUT2D eigenvalue weighted by molar-refractivity contribution is -0.143. The molecule has 1 aliphatic heterocycles. The second-order valence-corrected chi connectivity index (χ2v) is 11.0. The van der Waals surface area contributed by atoms with E-state index in [1.165, 1.54) is 6.92 Å². The van der Waals surface area contributed by atoms with Crippen LogP contribution in [0.3, 0.4) is 0 Å². The van der Waals surface area contributed by atoms with Gasteiger partial charge in [-0.2, -0.15) is 5.10 Å². The molecule has 6 rings (SSSR count). The van der Waals surface area contributed by atoms with Crippen molar-refractivity contribution in [1.29, 1.82) is 0 Å². The van der Waals surface area contributed by atoms with Gasteiger partial charge >= 0.3 is 0 Å². The number of nitrogen functional groups attached to an aromatic ring is 1. The minimum absolute atomic E-state index is 0.0239. The van der Waals surface area contributed by atoms with E-state index in [4.69, 9.17) is 15.6 Å². The molecular weight excluding hydrogens is 520 g/mol. The number of rotatable bonds is 7. The molecule has 2 aliphatic rings. The van der Waals surface area contributed by atoms with Crippen LogP contribution in [-0.2, 0) is 4.79 Å². The maximum Gasteiger partial charge on any atom is 0.255 e. The van der Waals surface area contributed by atoms with Gasteiger partial charge in [0.2, 0.25) is 0 Å². The number of fused-ring (bicyclic) bond motifs is 1. The Morgan fingerprint density at radius 1 is 1.10 bits per heavy atom. The summed E-state index contributed by atoms with van der Waals surface area (Å²) in [6, 6.07) is 16.5. The van der Waals surface area contributed by atoms with Gasteiger partial charge < -0.3 is 25.8 Å². The van der Waals surface area contributed by atoms with Gasteiger partial charge in [0.25, 0.3) is 11.8 Å². The smallest absolute Gasteiger partial charge is 0.255 e. The average Bonchev–Trinajstić information content (AvgIpc) is 3.69. The van der Waals surface area contributed by atoms with E-state index in [2.05, 4.69) is 10.3 Å². The van der Waals surface area contributed by atoms with Gasteiger partial charge in [0.05, 0.1) is 17.5 Å². The zero-order chi connectivity index (χ0) is 28.7. The van der Waals surface area contributed by atoms with Gasteiger partial charge in [-0.05, 0) is 82.0 Å². The van der Waals surface area contributed by atoms with E-state index in [1.807, 2.05) is 49.4 Å². The van der Waals surface area contributed by atoms with Crippen molar-refractivity contribution in [1.82, 2.24) is 19.7 Å². The SMILES string of the molecule is C[C@@H](O)C(=O)N1C[C@H](c2nn(-c3ccc(C(=O)Nc4cccc(OC5CC5)c4)cc3)c3c(N)nccc23)CC[C@@H]1C. The number of piperidine rings is 1. The van der Waals surface area contributed by atoms with Crippen molar-refractivity contribution in [2.24, 2.45) is 0 Å². The first-order valence-corrected chi connectivity index (χ1v) is 14.1. The van der Waals surface area contributed by atoms with Crippen LogP contribution in [0.25, 0.3) is 16.6 Å². The van der Waals surface area contributed by atoms with Gasteiger partial charge in [-0.25, -0.2) is 9.67 Å². The van der Waals surface area contributed by atoms with Gasteiger partial charge in [0.1, 0.15) is 23.2 Å². The molecule has 1 aliphatic carbocycles. The van der Waals surface area contributed by atoms with Crippen LogP contribution in [0.1, 0.15) is 61.5 Å². The summed E-state index contributed by atoms with van der Waals surface area (Å²) < 4.78 is 7.59. The number of nitrogens with two attached hydrogens (primary N) is 1. The van der Waals surface area contributed by atoms with Crippen LogP contribution in [0.5, 0.6) is 5.75 Å². The number of hydrogen-bond donors (Lipinski definition) is 3. The molecule has 1 saturated carbocycles. The zero-order valence-corrected chi connectivity index (χ0v) is 23.2. The lowest BCUT2D eigenvalue weighted by atomic mass is 9.89. The number of hydrogen-bond acceptors (Lipinski definition) is 7. The molecule has 3 heterocycles. The highest BCUT2D eigenvalue weighted by Gasteiger charge is 2.34. The number of carbonyl (C=O) groups excluding carboxylic acids is 2. The number of pyridine rings is 1. The fourth-order valence-corrected chi connectivity index (χ4v) is 5.46. The number of ether oxygens (including phenoxy) is 1. The topological polar surface area (TPSA) is 136 Å². The van der Waals surface area contributed by atoms with Crippen molar-refractivity contribution in [3.8, 4) is 11.4 Å². The third-order valence-electron chi connectivity index (χ3n) is 7.85. The van der Waals surface area contributed by atoms with Crippen LogP contribution in [-0.4, -0.2) is 61.4 Å². The van der Waals surface area contributed by atoms with E-state index >= 15 is 0 Å². The Morgan fingerprint density at radius 2 is 1.88 bits per heavy atom. The Bertz CT molecular complexity index is 1590. The number of nitrogens with zero attached hydrogens (tertiary/aromatic N) is 4. The quantitative estimate of drug-likeness (QED) is 0.310. The highest BCUT2D eigenvalue weighted by Crippen LogP contribution is 2.36. The molecule has 10 heteroatoms. The lowest BCUT2D eigenvalue weighted by Crippen LogP contribution is -2.48. The van der Waals surface area contributed by atoms with Gasteiger partial charge in [-0.15, -0.1) is 0 Å². The summed E-state index contributed by atoms with van der Waals surface area (Å²) >= 11 is 0. The van der Waals surface area contributed by atoms with E-state index < -0.39 is 6.10 Å². The number of aliphatic hydroxyl groups excluding tert-OH is 1. The number of nitrogens with one attached hydrogen (secondary N) is 1. The molecule has 10 nitrogen and oxygen atoms in total. The summed E-state index contributed by atoms with van der Waals surface area (Å²) in [5, 5.41) is 18.7. The molecule has 212 valence electrons. The molecule has 0 unspecified atom stereocenters. The molecule has 3 atom stereocenters. The fraction of sp³-hybridized carbons (Fsp3) is 0.355. The normalized spacial score (nSPS) is 19.6. The van der Waals surface area contributed by atoms with Crippen LogP contribution in [0.2, 0.25) is 0 Å². The van der Waals surface area contributed by atoms with E-state index in [-0.39, 0.29) is 29.9 Å². The fourth-order valence-electron chi connectivity index (χ4n) is 5.46. The van der Waals surface area contributed by atoms with E-state index in [1.54, 1.807) is 27.9 Å². The first-order chi connectivity index (χ1) is 19.8. The van der Waals surface area contributed by atoms with E-state index in [0.29, 0.717) is 29.1 Å². The Balaban J connectivity index is 1.26. The van der Waals surface area contributed by atoms with Crippen LogP contribution >= 0.6 is 0 Å². The van der Waals surface area contributed by atoms with Crippen molar-refractivity contribution < 1.29 is 19.4 Å². The molecule has 0 radical (unpaired) electrons. The molecule has 0 bridgehead atoms. The monoisotopic (exact) mass is 554 g/mol. The Kier molecular flexibility index (Phi) is 7.08. The van der Waals surface area contributed by atoms with Crippen LogP contribution in [0, 0.1) is 0 Å². The van der Waals surface area contributed by atoms with Crippen LogP contribution in [0.15, 0.2) is 60.8 Å². The molecule has 4 N–H and O–H groups in total. The molecular formula is C31H34N6O4. The number of likely N-dealkylation sites (tertiary alicyclic amines) is 1. The van der Waals surface area contributed by atoms with Crippen molar-refractivity contribution >= 4 is 34.2 Å². The van der Waals surface area contributed by atoms with Crippen molar-refractivity contribution in [2.75, 3.05) is 17.6 Å². The molecule has 4 aromatic rings. The predicted molar refractivity (Wildman–Crippen MR) is 156 cm³/mol. The summed E-state index contributed by atoms with van der Waals surface area (Å²) in [6.07, 6.45) is 4.68. The molecule has 2 fully saturated rings. The predicted octanol–water partition coefficient (Wildman–Crippen LogP) is 4.27. The van der Waals surface area contributed by atoms with Crippen LogP contribution in [0.4, 0.5) is 11.5 Å². The third-order valence-corrected chi connectivity index (χ3v) is 7.85. The highest BCUT2D eigenvalue weighted by molar-refractivity contribution is 6.04. The summed E-state index contributed by atoms with van der Waals surface area (Å²) in [4.78, 5) is 31.7. The summed E-state index contributed by atoms with van der Waals surface area (Å²) in [6.45, 7) is 3.97. The standard InChI is InChI=1S/C31H34N6O4/c1-18-6-7-21(17-36(18)31(40)19(2)38)27-26-14-15-33-29(32)28(26)37(35-27)23-10-8-20(9-11-23)30(39)34-22-4-3-5-25(16-22)41-24-12-13-24/h3-5,8-11,14-16,18-19,21,24,38H,6-7,12-13,17H2,1-2H3,(H2,32,33)(H,34,39)/t18-,19+,21+/m0/s1. The molecule has 2 amide bonds. The molecule has 2 aromatic carbocycles. The number of aromatic nitrogens is 3. The van der Waals surface area contributed by atoms with E-state index in [9.17, 15) is 14.7 Å². The maximum atomic E-state index is 13.0. The first kappa shape index (κ1) is 26.8. The molecule has 0 spiro atoms. The Labute approximate surface area is 238 Å². The van der Waals surface area contributed by atoms with Gasteiger partial charge in [-0.1, -0.05) is 6.07 Å². The molecule has 41 heavy (non-hydrogen) atoms. The highest BCUT2D eigenvalue weighted by atomic mass is 16.5. The zero-order valence-electron chi connectivity index (χ0n) is 23.2. The van der Waals surface area contributed by atoms with Crippen molar-refractivity contribution in [3.63, 3.8) is 0 Å². The number of anilines is 2. The third kappa shape index (κ3) is 5.47. The van der Waals surface area contributed by atoms with Gasteiger partial charge in [0.15, 0.2) is 0 Å². The summed E-state index contributed by atoms with van der Waals surface area (Å²) in [5.74, 6) is 0.565. The van der Waals surface area contributed by atoms with Crippen molar-refractivity contribution in [2.45, 2.75) is 63.7 Å². The second-order valence-electron chi connectivity index (χ2n) is 11.0.